The van der Waals surface area contributed by atoms with Gasteiger partial charge in [-0.1, -0.05) is 36.9 Å². The van der Waals surface area contributed by atoms with Crippen molar-refractivity contribution in [2.75, 3.05) is 26.8 Å². The SMILES string of the molecule is C=CCOC(=O)N[C@@H](Cc1ccc(C(=N)N)cc1)C(=O)N[C@@H](CCC(=O)O)C(=O)NCCCNS(=O)(=O)c1ccc(OC)cc1. The number of methoxy groups -OCH3 is 1. The lowest BCUT2D eigenvalue weighted by Gasteiger charge is -2.23. The zero-order valence-corrected chi connectivity index (χ0v) is 25.5. The summed E-state index contributed by atoms with van der Waals surface area (Å²) in [6.45, 7) is 3.34. The van der Waals surface area contributed by atoms with Gasteiger partial charge in [0.05, 0.1) is 12.0 Å². The van der Waals surface area contributed by atoms with Gasteiger partial charge in [0.2, 0.25) is 21.8 Å². The number of amides is 3. The maximum Gasteiger partial charge on any atom is 0.408 e. The molecule has 0 unspecified atom stereocenters. The van der Waals surface area contributed by atoms with Crippen LogP contribution in [-0.2, 0) is 35.6 Å². The summed E-state index contributed by atoms with van der Waals surface area (Å²) in [5.74, 6) is -2.31. The summed E-state index contributed by atoms with van der Waals surface area (Å²) >= 11 is 0. The van der Waals surface area contributed by atoms with Crippen molar-refractivity contribution in [2.45, 2.75) is 42.7 Å². The summed E-state index contributed by atoms with van der Waals surface area (Å²) < 4.78 is 37.3. The molecule has 15 nitrogen and oxygen atoms in total. The van der Waals surface area contributed by atoms with E-state index >= 15 is 0 Å². The van der Waals surface area contributed by atoms with E-state index in [4.69, 9.17) is 25.7 Å². The van der Waals surface area contributed by atoms with E-state index < -0.39 is 52.4 Å². The van der Waals surface area contributed by atoms with Gasteiger partial charge in [-0.3, -0.25) is 19.8 Å². The van der Waals surface area contributed by atoms with Crippen molar-refractivity contribution in [3.63, 3.8) is 0 Å². The normalized spacial score (nSPS) is 12.2. The third-order valence-corrected chi connectivity index (χ3v) is 7.72. The van der Waals surface area contributed by atoms with Crippen LogP contribution in [0.4, 0.5) is 4.79 Å². The summed E-state index contributed by atoms with van der Waals surface area (Å²) in [6.07, 6.45) is -0.112. The molecule has 0 bridgehead atoms. The van der Waals surface area contributed by atoms with E-state index in [0.29, 0.717) is 16.9 Å². The molecule has 45 heavy (non-hydrogen) atoms. The Balaban J connectivity index is 2.04. The maximum atomic E-state index is 13.3. The minimum absolute atomic E-state index is 0.0119. The van der Waals surface area contributed by atoms with Crippen LogP contribution in [0, 0.1) is 5.41 Å². The number of carbonyl (C=O) groups excluding carboxylic acids is 3. The molecule has 2 aromatic rings. The maximum absolute atomic E-state index is 13.3. The van der Waals surface area contributed by atoms with Gasteiger partial charge in [-0.15, -0.1) is 0 Å². The number of alkyl carbamates (subject to hydrolysis) is 1. The Bertz CT molecular complexity index is 1450. The monoisotopic (exact) mass is 646 g/mol. The van der Waals surface area contributed by atoms with E-state index in [-0.39, 0.29) is 49.7 Å². The minimum Gasteiger partial charge on any atom is -0.497 e. The topological polar surface area (TPSA) is 239 Å². The molecule has 0 fully saturated rings. The van der Waals surface area contributed by atoms with Crippen molar-refractivity contribution < 1.29 is 42.2 Å². The Morgan fingerprint density at radius 1 is 1.00 bits per heavy atom. The number of carbonyl (C=O) groups is 4. The first-order valence-electron chi connectivity index (χ1n) is 13.8. The fraction of sp³-hybridized carbons (Fsp3) is 0.345. The number of carboxylic acid groups (broad SMARTS) is 1. The Kier molecular flexibility index (Phi) is 14.5. The van der Waals surface area contributed by atoms with Crippen molar-refractivity contribution in [3.05, 3.63) is 72.3 Å². The fourth-order valence-corrected chi connectivity index (χ4v) is 4.93. The van der Waals surface area contributed by atoms with Crippen molar-refractivity contribution >= 4 is 39.7 Å². The number of ether oxygens (including phenoxy) is 2. The first kappa shape index (κ1) is 36.2. The summed E-state index contributed by atoms with van der Waals surface area (Å²) in [5.41, 5.74) is 6.53. The van der Waals surface area contributed by atoms with Gasteiger partial charge in [-0.05, 0) is 42.7 Å². The molecule has 0 saturated heterocycles. The van der Waals surface area contributed by atoms with E-state index in [1.54, 1.807) is 24.3 Å². The second-order valence-corrected chi connectivity index (χ2v) is 11.4. The number of nitrogen functional groups attached to an aromatic ring is 1. The highest BCUT2D eigenvalue weighted by molar-refractivity contribution is 7.89. The Labute approximate surface area is 261 Å². The van der Waals surface area contributed by atoms with Gasteiger partial charge in [0, 0.05) is 31.5 Å². The zero-order chi connectivity index (χ0) is 33.4. The first-order chi connectivity index (χ1) is 21.4. The molecular formula is C29H38N6O9S. The summed E-state index contributed by atoms with van der Waals surface area (Å²) in [7, 11) is -2.34. The van der Waals surface area contributed by atoms with Crippen LogP contribution in [0.3, 0.4) is 0 Å². The number of nitrogens with one attached hydrogen (secondary N) is 5. The molecule has 0 aromatic heterocycles. The van der Waals surface area contributed by atoms with E-state index in [2.05, 4.69) is 27.3 Å². The number of hydrogen-bond acceptors (Lipinski definition) is 9. The van der Waals surface area contributed by atoms with Crippen LogP contribution >= 0.6 is 0 Å². The number of sulfonamides is 1. The predicted molar refractivity (Wildman–Crippen MR) is 164 cm³/mol. The van der Waals surface area contributed by atoms with Crippen LogP contribution in [-0.4, -0.2) is 82.1 Å². The quantitative estimate of drug-likeness (QED) is 0.0486. The predicted octanol–water partition coefficient (Wildman–Crippen LogP) is 0.637. The molecular weight excluding hydrogens is 608 g/mol. The van der Waals surface area contributed by atoms with E-state index in [1.165, 1.54) is 37.5 Å². The number of rotatable bonds is 19. The Morgan fingerprint density at radius 3 is 2.24 bits per heavy atom. The fourth-order valence-electron chi connectivity index (χ4n) is 3.86. The molecule has 3 amide bonds. The van der Waals surface area contributed by atoms with Crippen molar-refractivity contribution in [1.82, 2.24) is 20.7 Å². The van der Waals surface area contributed by atoms with Gasteiger partial charge in [0.25, 0.3) is 0 Å². The minimum atomic E-state index is -3.80. The zero-order valence-electron chi connectivity index (χ0n) is 24.7. The van der Waals surface area contributed by atoms with Crippen LogP contribution in [0.5, 0.6) is 5.75 Å². The molecule has 2 aromatic carbocycles. The summed E-state index contributed by atoms with van der Waals surface area (Å²) in [4.78, 5) is 49.8. The number of nitrogens with two attached hydrogens (primary N) is 1. The highest BCUT2D eigenvalue weighted by atomic mass is 32.2. The smallest absolute Gasteiger partial charge is 0.408 e. The Hall–Kier alpha value is -4.96. The van der Waals surface area contributed by atoms with Crippen LogP contribution in [0.15, 0.2) is 66.1 Å². The molecule has 2 atom stereocenters. The second kappa shape index (κ2) is 18.0. The molecule has 0 saturated carbocycles. The number of carboxylic acids is 1. The second-order valence-electron chi connectivity index (χ2n) is 9.61. The van der Waals surface area contributed by atoms with Gasteiger partial charge in [0.15, 0.2) is 0 Å². The van der Waals surface area contributed by atoms with Crippen molar-refractivity contribution in [3.8, 4) is 5.75 Å². The number of aliphatic carboxylic acids is 1. The molecule has 0 spiro atoms. The first-order valence-corrected chi connectivity index (χ1v) is 15.3. The van der Waals surface area contributed by atoms with Gasteiger partial charge in [-0.25, -0.2) is 17.9 Å². The van der Waals surface area contributed by atoms with Crippen LogP contribution in [0.1, 0.15) is 30.4 Å². The number of amidine groups is 1. The van der Waals surface area contributed by atoms with Crippen LogP contribution < -0.4 is 31.1 Å². The molecule has 8 N–H and O–H groups in total. The van der Waals surface area contributed by atoms with Gasteiger partial charge < -0.3 is 36.3 Å². The van der Waals surface area contributed by atoms with Gasteiger partial charge in [0.1, 0.15) is 30.3 Å². The average molecular weight is 647 g/mol. The number of benzene rings is 2. The van der Waals surface area contributed by atoms with E-state index in [9.17, 15) is 27.6 Å². The third kappa shape index (κ3) is 12.7. The molecule has 2 rings (SSSR count). The largest absolute Gasteiger partial charge is 0.497 e. The summed E-state index contributed by atoms with van der Waals surface area (Å²) in [5, 5.41) is 24.2. The lowest BCUT2D eigenvalue weighted by molar-refractivity contribution is -0.138. The standard InChI is InChI=1S/C29H38N6O9S/c1-3-17-44-29(40)35-24(18-19-5-7-20(8-6-19)26(30)31)28(39)34-23(13-14-25(36)37)27(38)32-15-4-16-33-45(41,42)22-11-9-21(43-2)10-12-22/h3,5-12,23-24,33H,1,4,13-18H2,2H3,(H3,30,31)(H,32,38)(H,34,39)(H,35,40)(H,36,37)/t23-,24-/m0/s1. The highest BCUT2D eigenvalue weighted by Crippen LogP contribution is 2.15. The molecule has 0 aliphatic heterocycles. The molecule has 16 heteroatoms. The third-order valence-electron chi connectivity index (χ3n) is 6.24. The summed E-state index contributed by atoms with van der Waals surface area (Å²) in [6, 6.07) is 9.67. The van der Waals surface area contributed by atoms with Crippen LogP contribution in [0.25, 0.3) is 0 Å². The lowest BCUT2D eigenvalue weighted by Crippen LogP contribution is -2.54. The van der Waals surface area contributed by atoms with Crippen molar-refractivity contribution in [2.24, 2.45) is 5.73 Å². The highest BCUT2D eigenvalue weighted by Gasteiger charge is 2.28. The lowest BCUT2D eigenvalue weighted by atomic mass is 10.0. The van der Waals surface area contributed by atoms with Crippen LogP contribution in [0.2, 0.25) is 0 Å². The Morgan fingerprint density at radius 2 is 1.67 bits per heavy atom. The molecule has 0 aliphatic carbocycles. The molecule has 0 aliphatic rings. The number of hydrogen-bond donors (Lipinski definition) is 7. The van der Waals surface area contributed by atoms with E-state index in [1.807, 2.05) is 0 Å². The van der Waals surface area contributed by atoms with Gasteiger partial charge in [-0.2, -0.15) is 0 Å². The molecule has 0 heterocycles. The van der Waals surface area contributed by atoms with Gasteiger partial charge >= 0.3 is 12.1 Å². The van der Waals surface area contributed by atoms with Crippen molar-refractivity contribution in [1.29, 1.82) is 5.41 Å². The molecule has 244 valence electrons. The average Bonchev–Trinajstić information content (AvgIpc) is 3.01. The van der Waals surface area contributed by atoms with E-state index in [0.717, 1.165) is 0 Å². The molecule has 0 radical (unpaired) electrons.